The molecule has 7 nitrogen and oxygen atoms in total. The van der Waals surface area contributed by atoms with Crippen LogP contribution in [-0.4, -0.2) is 38.9 Å². The summed E-state index contributed by atoms with van der Waals surface area (Å²) in [6.45, 7) is 6.88. The van der Waals surface area contributed by atoms with Crippen LogP contribution in [0.3, 0.4) is 0 Å². The predicted octanol–water partition coefficient (Wildman–Crippen LogP) is 2.72. The highest BCUT2D eigenvalue weighted by molar-refractivity contribution is 5.76. The van der Waals surface area contributed by atoms with Crippen molar-refractivity contribution in [1.82, 2.24) is 25.1 Å². The van der Waals surface area contributed by atoms with E-state index in [0.29, 0.717) is 36.9 Å². The van der Waals surface area contributed by atoms with Crippen LogP contribution in [0.2, 0.25) is 0 Å². The summed E-state index contributed by atoms with van der Waals surface area (Å²) in [5.41, 5.74) is 1.55. The van der Waals surface area contributed by atoms with Gasteiger partial charge in [0.15, 0.2) is 11.5 Å². The van der Waals surface area contributed by atoms with Gasteiger partial charge in [-0.05, 0) is 11.5 Å². The van der Waals surface area contributed by atoms with Crippen LogP contribution >= 0.6 is 0 Å². The molecule has 0 saturated heterocycles. The smallest absolute Gasteiger partial charge is 0.231 e. The van der Waals surface area contributed by atoms with E-state index in [1.54, 1.807) is 16.6 Å². The molecule has 0 bridgehead atoms. The van der Waals surface area contributed by atoms with Gasteiger partial charge in [0.1, 0.15) is 6.61 Å². The number of carbonyl (C=O) groups excluding carboxylic acids is 1. The Kier molecular flexibility index (Phi) is 5.16. The largest absolute Gasteiger partial charge is 0.475 e. The molecule has 0 saturated carbocycles. The highest BCUT2D eigenvalue weighted by atomic mass is 16.5. The van der Waals surface area contributed by atoms with Gasteiger partial charge in [0, 0.05) is 18.1 Å². The molecule has 7 heteroatoms. The van der Waals surface area contributed by atoms with Crippen LogP contribution in [0, 0.1) is 5.41 Å². The third-order valence-electron chi connectivity index (χ3n) is 3.64. The number of benzene rings is 1. The van der Waals surface area contributed by atoms with Gasteiger partial charge in [-0.3, -0.25) is 4.79 Å². The summed E-state index contributed by atoms with van der Waals surface area (Å²) in [7, 11) is 0. The molecule has 2 aromatic heterocycles. The number of rotatable bonds is 6. The first kappa shape index (κ1) is 17.8. The lowest BCUT2D eigenvalue weighted by molar-refractivity contribution is -0.122. The molecule has 0 spiro atoms. The second-order valence-electron chi connectivity index (χ2n) is 7.27. The van der Waals surface area contributed by atoms with Crippen LogP contribution in [0.4, 0.5) is 0 Å². The second kappa shape index (κ2) is 7.51. The first-order valence-electron chi connectivity index (χ1n) is 8.60. The van der Waals surface area contributed by atoms with E-state index in [0.717, 1.165) is 5.56 Å². The Bertz CT molecular complexity index is 884. The normalized spacial score (nSPS) is 11.5. The highest BCUT2D eigenvalue weighted by Gasteiger charge is 2.15. The average molecular weight is 353 g/mol. The maximum absolute atomic E-state index is 11.8. The fraction of sp³-hybridized carbons (Fsp3) is 0.368. The van der Waals surface area contributed by atoms with Crippen LogP contribution in [0.1, 0.15) is 27.2 Å². The number of nitrogens with one attached hydrogen (secondary N) is 1. The Balaban J connectivity index is 1.62. The summed E-state index contributed by atoms with van der Waals surface area (Å²) in [5.74, 6) is 1.14. The van der Waals surface area contributed by atoms with Gasteiger partial charge in [-0.15, -0.1) is 15.3 Å². The van der Waals surface area contributed by atoms with Crippen LogP contribution in [0.25, 0.3) is 17.0 Å². The number of hydrogen-bond donors (Lipinski definition) is 1. The summed E-state index contributed by atoms with van der Waals surface area (Å²) in [5, 5.41) is 15.6. The zero-order valence-corrected chi connectivity index (χ0v) is 15.3. The third kappa shape index (κ3) is 4.56. The monoisotopic (exact) mass is 353 g/mol. The minimum Gasteiger partial charge on any atom is -0.475 e. The van der Waals surface area contributed by atoms with E-state index in [2.05, 4.69) is 20.6 Å². The van der Waals surface area contributed by atoms with E-state index in [1.807, 2.05) is 51.1 Å². The lowest BCUT2D eigenvalue weighted by atomic mass is 9.92. The first-order valence-corrected chi connectivity index (χ1v) is 8.60. The standard InChI is InChI=1S/C19H23N5O2/c1-19(2,3)13-16(25)20-11-12-26-17-10-9-15-21-22-18(24(15)23-17)14-7-5-4-6-8-14/h4-10H,11-13H2,1-3H3,(H,20,25). The number of aromatic nitrogens is 4. The summed E-state index contributed by atoms with van der Waals surface area (Å²) in [4.78, 5) is 11.8. The number of carbonyl (C=O) groups is 1. The zero-order valence-electron chi connectivity index (χ0n) is 15.3. The van der Waals surface area contributed by atoms with E-state index in [9.17, 15) is 4.79 Å². The molecule has 1 N–H and O–H groups in total. The van der Waals surface area contributed by atoms with Crippen molar-refractivity contribution in [3.8, 4) is 17.3 Å². The number of ether oxygens (including phenoxy) is 1. The zero-order chi connectivity index (χ0) is 18.6. The fourth-order valence-electron chi connectivity index (χ4n) is 2.51. The minimum absolute atomic E-state index is 0.0229. The number of nitrogens with zero attached hydrogens (tertiary/aromatic N) is 4. The SMILES string of the molecule is CC(C)(C)CC(=O)NCCOc1ccc2nnc(-c3ccccc3)n2n1. The molecule has 2 heterocycles. The first-order chi connectivity index (χ1) is 12.4. The van der Waals surface area contributed by atoms with Crippen LogP contribution in [-0.2, 0) is 4.79 Å². The van der Waals surface area contributed by atoms with E-state index in [4.69, 9.17) is 4.74 Å². The molecule has 0 atom stereocenters. The van der Waals surface area contributed by atoms with Crippen molar-refractivity contribution in [3.05, 3.63) is 42.5 Å². The van der Waals surface area contributed by atoms with Gasteiger partial charge in [0.05, 0.1) is 6.54 Å². The van der Waals surface area contributed by atoms with E-state index in [-0.39, 0.29) is 11.3 Å². The van der Waals surface area contributed by atoms with E-state index >= 15 is 0 Å². The summed E-state index contributed by atoms with van der Waals surface area (Å²) >= 11 is 0. The topological polar surface area (TPSA) is 81.4 Å². The van der Waals surface area contributed by atoms with Gasteiger partial charge in [-0.1, -0.05) is 51.1 Å². The number of hydrogen-bond acceptors (Lipinski definition) is 5. The van der Waals surface area contributed by atoms with Crippen molar-refractivity contribution in [2.24, 2.45) is 5.41 Å². The van der Waals surface area contributed by atoms with Crippen LogP contribution in [0.15, 0.2) is 42.5 Å². The summed E-state index contributed by atoms with van der Waals surface area (Å²) in [6.07, 6.45) is 0.484. The molecular weight excluding hydrogens is 330 g/mol. The maximum atomic E-state index is 11.8. The van der Waals surface area contributed by atoms with Crippen molar-refractivity contribution in [2.75, 3.05) is 13.2 Å². The minimum atomic E-state index is -0.0280. The Hall–Kier alpha value is -2.96. The average Bonchev–Trinajstić information content (AvgIpc) is 3.01. The Labute approximate surface area is 152 Å². The van der Waals surface area contributed by atoms with Gasteiger partial charge in [-0.25, -0.2) is 0 Å². The van der Waals surface area contributed by atoms with Gasteiger partial charge in [0.25, 0.3) is 0 Å². The molecule has 0 unspecified atom stereocenters. The lowest BCUT2D eigenvalue weighted by Gasteiger charge is -2.17. The van der Waals surface area contributed by atoms with Gasteiger partial charge in [0.2, 0.25) is 11.8 Å². The molecular formula is C19H23N5O2. The van der Waals surface area contributed by atoms with Crippen molar-refractivity contribution in [3.63, 3.8) is 0 Å². The Morgan fingerprint density at radius 1 is 1.12 bits per heavy atom. The molecule has 0 radical (unpaired) electrons. The molecule has 0 aliphatic rings. The van der Waals surface area contributed by atoms with Crippen molar-refractivity contribution < 1.29 is 9.53 Å². The van der Waals surface area contributed by atoms with Gasteiger partial charge < -0.3 is 10.1 Å². The number of fused-ring (bicyclic) bond motifs is 1. The summed E-state index contributed by atoms with van der Waals surface area (Å²) in [6, 6.07) is 13.3. The molecule has 3 aromatic rings. The van der Waals surface area contributed by atoms with E-state index in [1.165, 1.54) is 0 Å². The second-order valence-corrected chi connectivity index (χ2v) is 7.27. The predicted molar refractivity (Wildman–Crippen MR) is 98.8 cm³/mol. The van der Waals surface area contributed by atoms with Crippen molar-refractivity contribution >= 4 is 11.6 Å². The quantitative estimate of drug-likeness (QED) is 0.689. The molecule has 136 valence electrons. The van der Waals surface area contributed by atoms with Crippen LogP contribution < -0.4 is 10.1 Å². The van der Waals surface area contributed by atoms with E-state index < -0.39 is 0 Å². The molecule has 26 heavy (non-hydrogen) atoms. The van der Waals surface area contributed by atoms with Crippen molar-refractivity contribution in [1.29, 1.82) is 0 Å². The molecule has 3 rings (SSSR count). The Morgan fingerprint density at radius 2 is 1.88 bits per heavy atom. The molecule has 1 amide bonds. The maximum Gasteiger partial charge on any atom is 0.231 e. The van der Waals surface area contributed by atoms with Crippen LogP contribution in [0.5, 0.6) is 5.88 Å². The fourth-order valence-corrected chi connectivity index (χ4v) is 2.51. The molecule has 0 fully saturated rings. The lowest BCUT2D eigenvalue weighted by Crippen LogP contribution is -2.31. The van der Waals surface area contributed by atoms with Gasteiger partial charge >= 0.3 is 0 Å². The Morgan fingerprint density at radius 3 is 2.62 bits per heavy atom. The number of amides is 1. The summed E-state index contributed by atoms with van der Waals surface area (Å²) < 4.78 is 7.31. The highest BCUT2D eigenvalue weighted by Crippen LogP contribution is 2.19. The molecule has 0 aliphatic carbocycles. The molecule has 0 aliphatic heterocycles. The van der Waals surface area contributed by atoms with Gasteiger partial charge in [-0.2, -0.15) is 4.52 Å². The van der Waals surface area contributed by atoms with Crippen molar-refractivity contribution in [2.45, 2.75) is 27.2 Å². The third-order valence-corrected chi connectivity index (χ3v) is 3.64. The molecule has 1 aromatic carbocycles.